The van der Waals surface area contributed by atoms with E-state index in [2.05, 4.69) is 22.0 Å². The van der Waals surface area contributed by atoms with E-state index in [1.54, 1.807) is 18.2 Å². The smallest absolute Gasteiger partial charge is 0.323 e. The van der Waals surface area contributed by atoms with Gasteiger partial charge in [-0.05, 0) is 42.8 Å². The first kappa shape index (κ1) is 31.9. The first-order valence-corrected chi connectivity index (χ1v) is 15.4. The minimum atomic E-state index is -4.13. The number of sulfonamides is 2. The number of unbranched alkanes of at least 4 members (excludes halogenated alkanes) is 3. The molecule has 12 nitrogen and oxygen atoms in total. The molecule has 1 atom stereocenters. The van der Waals surface area contributed by atoms with Gasteiger partial charge in [0.1, 0.15) is 11.9 Å². The zero-order valence-corrected chi connectivity index (χ0v) is 23.3. The molecule has 14 heteroatoms. The van der Waals surface area contributed by atoms with E-state index in [0.717, 1.165) is 25.7 Å². The zero-order valence-electron chi connectivity index (χ0n) is 21.7. The summed E-state index contributed by atoms with van der Waals surface area (Å²) in [6, 6.07) is 11.4. The van der Waals surface area contributed by atoms with Crippen molar-refractivity contribution in [1.82, 2.24) is 14.8 Å². The number of rotatable bonds is 17. The number of carbonyl (C=O) groups excluding carboxylic acids is 1. The van der Waals surface area contributed by atoms with Crippen LogP contribution in [0.2, 0.25) is 0 Å². The number of aliphatic imine (C=N–C) groups is 1. The van der Waals surface area contributed by atoms with Gasteiger partial charge in [0.25, 0.3) is 0 Å². The van der Waals surface area contributed by atoms with Crippen LogP contribution in [0.15, 0.2) is 69.4 Å². The minimum Gasteiger partial charge on any atom is -0.480 e. The van der Waals surface area contributed by atoms with Crippen LogP contribution in [0, 0.1) is 0 Å². The molecule has 0 heterocycles. The molecule has 0 unspecified atom stereocenters. The Hall–Kier alpha value is -3.33. The molecule has 2 aromatic rings. The average molecular weight is 582 g/mol. The van der Waals surface area contributed by atoms with Crippen molar-refractivity contribution in [2.24, 2.45) is 10.7 Å². The molecule has 0 radical (unpaired) electrons. The van der Waals surface area contributed by atoms with Gasteiger partial charge in [-0.2, -0.15) is 4.72 Å². The number of aliphatic carboxylic acids is 1. The maximum Gasteiger partial charge on any atom is 0.323 e. The summed E-state index contributed by atoms with van der Waals surface area (Å²) in [7, 11) is -8.05. The van der Waals surface area contributed by atoms with Gasteiger partial charge in [-0.3, -0.25) is 14.6 Å². The van der Waals surface area contributed by atoms with Crippen LogP contribution >= 0.6 is 0 Å². The number of amidine groups is 1. The summed E-state index contributed by atoms with van der Waals surface area (Å²) >= 11 is 0. The molecule has 2 aromatic carbocycles. The van der Waals surface area contributed by atoms with Crippen LogP contribution in [0.25, 0.3) is 0 Å². The first-order valence-electron chi connectivity index (χ1n) is 12.4. The van der Waals surface area contributed by atoms with Gasteiger partial charge in [0.15, 0.2) is 0 Å². The molecule has 39 heavy (non-hydrogen) atoms. The van der Waals surface area contributed by atoms with E-state index in [9.17, 15) is 31.5 Å². The van der Waals surface area contributed by atoms with Crippen LogP contribution in [-0.4, -0.2) is 65.3 Å². The van der Waals surface area contributed by atoms with Gasteiger partial charge in [-0.1, -0.05) is 44.4 Å². The lowest BCUT2D eigenvalue weighted by molar-refractivity contribution is -0.138. The number of benzene rings is 2. The monoisotopic (exact) mass is 581 g/mol. The number of nitrogens with two attached hydrogens (primary N) is 1. The maximum atomic E-state index is 12.6. The van der Waals surface area contributed by atoms with E-state index in [-0.39, 0.29) is 22.8 Å². The highest BCUT2D eigenvalue weighted by atomic mass is 32.2. The van der Waals surface area contributed by atoms with E-state index >= 15 is 0 Å². The van der Waals surface area contributed by atoms with Gasteiger partial charge in [-0.15, -0.1) is 0 Å². The normalized spacial score (nSPS) is 13.1. The summed E-state index contributed by atoms with van der Waals surface area (Å²) in [5, 5.41) is 11.7. The maximum absolute atomic E-state index is 12.6. The van der Waals surface area contributed by atoms with Crippen LogP contribution in [0.4, 0.5) is 0 Å². The van der Waals surface area contributed by atoms with Gasteiger partial charge in [0, 0.05) is 31.6 Å². The lowest BCUT2D eigenvalue weighted by Crippen LogP contribution is -2.48. The van der Waals surface area contributed by atoms with Gasteiger partial charge in [0.05, 0.1) is 9.79 Å². The van der Waals surface area contributed by atoms with Crippen molar-refractivity contribution in [3.63, 3.8) is 0 Å². The highest BCUT2D eigenvalue weighted by Gasteiger charge is 2.26. The van der Waals surface area contributed by atoms with Crippen molar-refractivity contribution >= 4 is 37.8 Å². The summed E-state index contributed by atoms with van der Waals surface area (Å²) in [4.78, 5) is 27.8. The summed E-state index contributed by atoms with van der Waals surface area (Å²) < 4.78 is 54.2. The molecule has 0 aliphatic heterocycles. The van der Waals surface area contributed by atoms with Crippen LogP contribution in [-0.2, 0) is 29.6 Å². The van der Waals surface area contributed by atoms with Crippen molar-refractivity contribution < 1.29 is 31.5 Å². The minimum absolute atomic E-state index is 0.0244. The van der Waals surface area contributed by atoms with Crippen molar-refractivity contribution in [2.75, 3.05) is 19.6 Å². The molecule has 0 aromatic heterocycles. The molecule has 1 amide bonds. The summed E-state index contributed by atoms with van der Waals surface area (Å²) in [6.45, 7) is 1.93. The van der Waals surface area contributed by atoms with E-state index in [0.29, 0.717) is 17.9 Å². The largest absolute Gasteiger partial charge is 0.480 e. The third-order valence-corrected chi connectivity index (χ3v) is 8.52. The second-order valence-corrected chi connectivity index (χ2v) is 12.1. The predicted molar refractivity (Wildman–Crippen MR) is 147 cm³/mol. The third-order valence-electron chi connectivity index (χ3n) is 5.55. The molecule has 0 saturated carbocycles. The molecule has 6 N–H and O–H groups in total. The molecule has 214 valence electrons. The third kappa shape index (κ3) is 10.8. The number of carboxylic acids is 1. The second kappa shape index (κ2) is 15.3. The summed E-state index contributed by atoms with van der Waals surface area (Å²) in [5.41, 5.74) is 6.58. The Balaban J connectivity index is 1.84. The van der Waals surface area contributed by atoms with Crippen molar-refractivity contribution in [1.29, 1.82) is 0 Å². The molecular formula is C25H35N5O7S2. The number of carboxylic acid groups (broad SMARTS) is 1. The number of hydrogen-bond donors (Lipinski definition) is 5. The quantitative estimate of drug-likeness (QED) is 0.104. The second-order valence-electron chi connectivity index (χ2n) is 8.63. The molecule has 0 saturated heterocycles. The predicted octanol–water partition coefficient (Wildman–Crippen LogP) is 1.19. The number of carbonyl (C=O) groups is 2. The summed E-state index contributed by atoms with van der Waals surface area (Å²) in [6.07, 6.45) is 3.96. The standard InChI is InChI=1S/C25H35N5O7S2/c1-2-3-4-8-16-27-24(26)19-11-13-21(14-12-19)38(34,35)29-17-15-23(31)28-18-22(25(32)33)30-39(36,37)20-9-6-5-7-10-20/h5-7,9-14,22,29-30H,2-4,8,15-18H2,1H3,(H2,26,27)(H,28,31)(H,32,33)/t22-/m0/s1. The highest BCUT2D eigenvalue weighted by molar-refractivity contribution is 7.89. The molecule has 2 rings (SSSR count). The first-order chi connectivity index (χ1) is 18.5. The van der Waals surface area contributed by atoms with Gasteiger partial charge in [0.2, 0.25) is 26.0 Å². The molecule has 0 aliphatic carbocycles. The number of nitrogens with one attached hydrogen (secondary N) is 3. The Morgan fingerprint density at radius 1 is 0.923 bits per heavy atom. The fourth-order valence-electron chi connectivity index (χ4n) is 3.36. The average Bonchev–Trinajstić information content (AvgIpc) is 2.91. The SMILES string of the molecule is CCCCCCN=C(N)c1ccc(S(=O)(=O)NCCC(=O)NC[C@H](NS(=O)(=O)c2ccccc2)C(=O)O)cc1. The molecule has 0 bridgehead atoms. The summed E-state index contributed by atoms with van der Waals surface area (Å²) in [5.74, 6) is -1.83. The van der Waals surface area contributed by atoms with Crippen LogP contribution in [0.3, 0.4) is 0 Å². The van der Waals surface area contributed by atoms with Crippen molar-refractivity contribution in [2.45, 2.75) is 54.9 Å². The van der Waals surface area contributed by atoms with Gasteiger partial charge >= 0.3 is 5.97 Å². The number of nitrogens with zero attached hydrogens (tertiary/aromatic N) is 1. The van der Waals surface area contributed by atoms with Gasteiger partial charge < -0.3 is 16.2 Å². The number of amides is 1. The Bertz CT molecular complexity index is 1330. The molecule has 0 spiro atoms. The van der Waals surface area contributed by atoms with E-state index in [1.165, 1.54) is 36.4 Å². The van der Waals surface area contributed by atoms with Gasteiger partial charge in [-0.25, -0.2) is 21.6 Å². The Labute approximate surface area is 229 Å². The number of hydrogen-bond acceptors (Lipinski definition) is 7. The lowest BCUT2D eigenvalue weighted by Gasteiger charge is -2.15. The molecular weight excluding hydrogens is 546 g/mol. The van der Waals surface area contributed by atoms with Crippen LogP contribution in [0.1, 0.15) is 44.6 Å². The molecule has 0 aliphatic rings. The van der Waals surface area contributed by atoms with E-state index < -0.39 is 44.5 Å². The van der Waals surface area contributed by atoms with Crippen molar-refractivity contribution in [3.05, 3.63) is 60.2 Å². The topological polar surface area (TPSA) is 197 Å². The fourth-order valence-corrected chi connectivity index (χ4v) is 5.60. The lowest BCUT2D eigenvalue weighted by atomic mass is 10.2. The fraction of sp³-hybridized carbons (Fsp3) is 0.400. The van der Waals surface area contributed by atoms with Crippen LogP contribution in [0.5, 0.6) is 0 Å². The van der Waals surface area contributed by atoms with E-state index in [4.69, 9.17) is 5.73 Å². The Morgan fingerprint density at radius 3 is 2.18 bits per heavy atom. The molecule has 0 fully saturated rings. The van der Waals surface area contributed by atoms with E-state index in [1.807, 2.05) is 4.72 Å². The zero-order chi connectivity index (χ0) is 28.9. The van der Waals surface area contributed by atoms with Crippen molar-refractivity contribution in [3.8, 4) is 0 Å². The highest BCUT2D eigenvalue weighted by Crippen LogP contribution is 2.11. The Kier molecular flexibility index (Phi) is 12.5. The Morgan fingerprint density at radius 2 is 1.56 bits per heavy atom. The van der Waals surface area contributed by atoms with Crippen LogP contribution < -0.4 is 20.5 Å².